The SMILES string of the molecule is COc1cccc(C(CNC(=O)Nc2ccc(F)c(C(F)(F)F)c2)N(C)C)c1. The van der Waals surface area contributed by atoms with Gasteiger partial charge in [-0.25, -0.2) is 9.18 Å². The lowest BCUT2D eigenvalue weighted by atomic mass is 10.1. The van der Waals surface area contributed by atoms with Gasteiger partial charge >= 0.3 is 12.2 Å². The van der Waals surface area contributed by atoms with Crippen LogP contribution in [-0.2, 0) is 6.18 Å². The normalized spacial score (nSPS) is 12.6. The first-order valence-corrected chi connectivity index (χ1v) is 8.33. The fourth-order valence-corrected chi connectivity index (χ4v) is 2.63. The second-order valence-electron chi connectivity index (χ2n) is 6.28. The molecule has 0 radical (unpaired) electrons. The highest BCUT2D eigenvalue weighted by molar-refractivity contribution is 5.89. The molecule has 0 aliphatic carbocycles. The van der Waals surface area contributed by atoms with Crippen LogP contribution in [0.1, 0.15) is 17.2 Å². The summed E-state index contributed by atoms with van der Waals surface area (Å²) in [5, 5.41) is 4.90. The fraction of sp³-hybridized carbons (Fsp3) is 0.316. The molecular formula is C19H21F4N3O2. The number of carbonyl (C=O) groups excluding carboxylic acids is 1. The van der Waals surface area contributed by atoms with E-state index >= 15 is 0 Å². The highest BCUT2D eigenvalue weighted by Gasteiger charge is 2.34. The van der Waals surface area contributed by atoms with Crippen molar-refractivity contribution in [3.05, 3.63) is 59.4 Å². The quantitative estimate of drug-likeness (QED) is 0.713. The number of nitrogens with zero attached hydrogens (tertiary/aromatic N) is 1. The highest BCUT2D eigenvalue weighted by atomic mass is 19.4. The van der Waals surface area contributed by atoms with Crippen LogP contribution in [0.25, 0.3) is 0 Å². The van der Waals surface area contributed by atoms with Crippen LogP contribution in [0.4, 0.5) is 28.0 Å². The van der Waals surface area contributed by atoms with E-state index < -0.39 is 23.6 Å². The zero-order valence-electron chi connectivity index (χ0n) is 15.6. The van der Waals surface area contributed by atoms with Gasteiger partial charge in [-0.3, -0.25) is 0 Å². The van der Waals surface area contributed by atoms with E-state index in [2.05, 4.69) is 10.6 Å². The number of urea groups is 1. The van der Waals surface area contributed by atoms with E-state index in [1.165, 1.54) is 0 Å². The minimum Gasteiger partial charge on any atom is -0.497 e. The molecule has 0 fully saturated rings. The molecule has 0 saturated carbocycles. The van der Waals surface area contributed by atoms with Gasteiger partial charge in [-0.1, -0.05) is 12.1 Å². The van der Waals surface area contributed by atoms with Gasteiger partial charge in [0.2, 0.25) is 0 Å². The summed E-state index contributed by atoms with van der Waals surface area (Å²) in [6.07, 6.45) is -4.85. The van der Waals surface area contributed by atoms with Crippen LogP contribution in [0, 0.1) is 5.82 Å². The van der Waals surface area contributed by atoms with E-state index in [-0.39, 0.29) is 18.3 Å². The third-order valence-electron chi connectivity index (χ3n) is 4.09. The van der Waals surface area contributed by atoms with Gasteiger partial charge in [0, 0.05) is 12.2 Å². The van der Waals surface area contributed by atoms with Crippen molar-refractivity contribution in [2.45, 2.75) is 12.2 Å². The number of anilines is 1. The molecule has 2 rings (SSSR count). The molecule has 0 aromatic heterocycles. The van der Waals surface area contributed by atoms with Crippen molar-refractivity contribution < 1.29 is 27.1 Å². The number of alkyl halides is 3. The largest absolute Gasteiger partial charge is 0.497 e. The molecule has 1 unspecified atom stereocenters. The summed E-state index contributed by atoms with van der Waals surface area (Å²) in [5.41, 5.74) is -0.701. The van der Waals surface area contributed by atoms with E-state index in [9.17, 15) is 22.4 Å². The Kier molecular flexibility index (Phi) is 6.85. The number of likely N-dealkylation sites (N-methyl/N-ethyl adjacent to an activating group) is 1. The van der Waals surface area contributed by atoms with Gasteiger partial charge in [0.15, 0.2) is 0 Å². The Morgan fingerprint density at radius 3 is 2.50 bits per heavy atom. The van der Waals surface area contributed by atoms with E-state index in [0.29, 0.717) is 17.9 Å². The van der Waals surface area contributed by atoms with Gasteiger partial charge in [0.25, 0.3) is 0 Å². The van der Waals surface area contributed by atoms with Gasteiger partial charge < -0.3 is 20.3 Å². The minimum atomic E-state index is -4.85. The first kappa shape index (κ1) is 21.5. The van der Waals surface area contributed by atoms with Crippen molar-refractivity contribution in [2.24, 2.45) is 0 Å². The van der Waals surface area contributed by atoms with Crippen LogP contribution in [-0.4, -0.2) is 38.7 Å². The molecule has 9 heteroatoms. The third-order valence-corrected chi connectivity index (χ3v) is 4.09. The van der Waals surface area contributed by atoms with Crippen molar-refractivity contribution in [1.29, 1.82) is 0 Å². The number of nitrogens with one attached hydrogen (secondary N) is 2. The first-order valence-electron chi connectivity index (χ1n) is 8.33. The van der Waals surface area contributed by atoms with Gasteiger partial charge in [-0.2, -0.15) is 13.2 Å². The Labute approximate surface area is 160 Å². The summed E-state index contributed by atoms with van der Waals surface area (Å²) in [6, 6.07) is 8.72. The lowest BCUT2D eigenvalue weighted by Gasteiger charge is -2.25. The maximum Gasteiger partial charge on any atom is 0.419 e. The second kappa shape index (κ2) is 8.92. The molecule has 2 N–H and O–H groups in total. The summed E-state index contributed by atoms with van der Waals surface area (Å²) in [6.45, 7) is 0.194. The Balaban J connectivity index is 2.06. The van der Waals surface area contributed by atoms with Crippen molar-refractivity contribution in [3.8, 4) is 5.75 Å². The Morgan fingerprint density at radius 1 is 1.18 bits per heavy atom. The standard InChI is InChI=1S/C19H21F4N3O2/c1-26(2)17(12-5-4-6-14(9-12)28-3)11-24-18(27)25-13-7-8-16(20)15(10-13)19(21,22)23/h4-10,17H,11H2,1-3H3,(H2,24,25,27). The third kappa shape index (κ3) is 5.59. The number of hydrogen-bond donors (Lipinski definition) is 2. The molecule has 0 heterocycles. The zero-order chi connectivity index (χ0) is 20.9. The molecule has 152 valence electrons. The molecule has 2 aromatic rings. The lowest BCUT2D eigenvalue weighted by molar-refractivity contribution is -0.139. The van der Waals surface area contributed by atoms with Crippen LogP contribution >= 0.6 is 0 Å². The number of methoxy groups -OCH3 is 1. The maximum atomic E-state index is 13.3. The first-order chi connectivity index (χ1) is 13.1. The topological polar surface area (TPSA) is 53.6 Å². The monoisotopic (exact) mass is 399 g/mol. The lowest BCUT2D eigenvalue weighted by Crippen LogP contribution is -2.37. The van der Waals surface area contributed by atoms with Crippen molar-refractivity contribution in [3.63, 3.8) is 0 Å². The molecule has 28 heavy (non-hydrogen) atoms. The summed E-state index contributed by atoms with van der Waals surface area (Å²) in [5.74, 6) is -0.732. The molecule has 1 atom stereocenters. The zero-order valence-corrected chi connectivity index (χ0v) is 15.6. The number of hydrogen-bond acceptors (Lipinski definition) is 3. The van der Waals surface area contributed by atoms with Gasteiger partial charge in [0.1, 0.15) is 11.6 Å². The highest BCUT2D eigenvalue weighted by Crippen LogP contribution is 2.33. The number of benzene rings is 2. The predicted octanol–water partition coefficient (Wildman–Crippen LogP) is 4.28. The van der Waals surface area contributed by atoms with Crippen LogP contribution in [0.2, 0.25) is 0 Å². The van der Waals surface area contributed by atoms with Crippen molar-refractivity contribution in [1.82, 2.24) is 10.2 Å². The molecule has 0 saturated heterocycles. The van der Waals surface area contributed by atoms with Gasteiger partial charge in [0.05, 0.1) is 18.7 Å². The van der Waals surface area contributed by atoms with Crippen LogP contribution in [0.3, 0.4) is 0 Å². The van der Waals surface area contributed by atoms with Crippen molar-refractivity contribution >= 4 is 11.7 Å². The molecule has 0 aliphatic heterocycles. The molecule has 0 aliphatic rings. The Bertz CT molecular complexity index is 825. The van der Waals surface area contributed by atoms with Crippen LogP contribution in [0.15, 0.2) is 42.5 Å². The molecule has 0 bridgehead atoms. The summed E-state index contributed by atoms with van der Waals surface area (Å²) < 4.78 is 56.9. The Hall–Kier alpha value is -2.81. The summed E-state index contributed by atoms with van der Waals surface area (Å²) >= 11 is 0. The molecule has 2 aromatic carbocycles. The number of amides is 2. The molecule has 5 nitrogen and oxygen atoms in total. The van der Waals surface area contributed by atoms with E-state index in [1.807, 2.05) is 37.2 Å². The van der Waals surface area contributed by atoms with Gasteiger partial charge in [-0.05, 0) is 50.0 Å². The van der Waals surface area contributed by atoms with E-state index in [1.54, 1.807) is 13.2 Å². The second-order valence-corrected chi connectivity index (χ2v) is 6.28. The van der Waals surface area contributed by atoms with E-state index in [4.69, 9.17) is 4.74 Å². The molecule has 0 spiro atoms. The number of ether oxygens (including phenoxy) is 1. The van der Waals surface area contributed by atoms with Crippen LogP contribution < -0.4 is 15.4 Å². The average molecular weight is 399 g/mol. The van der Waals surface area contributed by atoms with Gasteiger partial charge in [-0.15, -0.1) is 0 Å². The maximum absolute atomic E-state index is 13.3. The predicted molar refractivity (Wildman–Crippen MR) is 97.8 cm³/mol. The molecular weight excluding hydrogens is 378 g/mol. The fourth-order valence-electron chi connectivity index (χ4n) is 2.63. The molecule has 2 amide bonds. The summed E-state index contributed by atoms with van der Waals surface area (Å²) in [4.78, 5) is 14.0. The number of carbonyl (C=O) groups is 1. The smallest absolute Gasteiger partial charge is 0.419 e. The number of halogens is 4. The average Bonchev–Trinajstić information content (AvgIpc) is 2.62. The minimum absolute atomic E-state index is 0.158. The summed E-state index contributed by atoms with van der Waals surface area (Å²) in [7, 11) is 5.21. The van der Waals surface area contributed by atoms with Crippen LogP contribution in [0.5, 0.6) is 5.75 Å². The Morgan fingerprint density at radius 2 is 1.89 bits per heavy atom. The van der Waals surface area contributed by atoms with Crippen molar-refractivity contribution in [2.75, 3.05) is 33.1 Å². The van der Waals surface area contributed by atoms with E-state index in [0.717, 1.165) is 11.6 Å². The number of rotatable bonds is 6.